The van der Waals surface area contributed by atoms with Crippen LogP contribution in [-0.4, -0.2) is 24.5 Å². The Bertz CT molecular complexity index is 133. The molecule has 0 atom stereocenters. The number of rotatable bonds is 6. The van der Waals surface area contributed by atoms with Gasteiger partial charge in [-0.2, -0.15) is 0 Å². The summed E-state index contributed by atoms with van der Waals surface area (Å²) in [7, 11) is 0. The van der Waals surface area contributed by atoms with Gasteiger partial charge in [-0.25, -0.2) is 0 Å². The zero-order chi connectivity index (χ0) is 13.7. The Morgan fingerprint density at radius 2 is 1.47 bits per heavy atom. The van der Waals surface area contributed by atoms with Crippen LogP contribution in [0.2, 0.25) is 0 Å². The lowest BCUT2D eigenvalue weighted by Gasteiger charge is -2.44. The molecule has 0 spiro atoms. The summed E-state index contributed by atoms with van der Waals surface area (Å²) in [6.45, 7) is 18.8. The molecular weight excluding hydrogens is 206 g/mol. The van der Waals surface area contributed by atoms with Crippen LogP contribution >= 0.6 is 0 Å². The van der Waals surface area contributed by atoms with Crippen molar-refractivity contribution >= 4 is 0 Å². The molecule has 0 saturated heterocycles. The molecule has 0 heterocycles. The Hall–Kier alpha value is -0.0400. The van der Waals surface area contributed by atoms with Gasteiger partial charge in [-0.05, 0) is 44.2 Å². The van der Waals surface area contributed by atoms with Crippen molar-refractivity contribution in [3.05, 3.63) is 0 Å². The summed E-state index contributed by atoms with van der Waals surface area (Å²) in [5.41, 5.74) is 0.713. The van der Waals surface area contributed by atoms with Gasteiger partial charge in [-0.15, -0.1) is 0 Å². The zero-order valence-corrected chi connectivity index (χ0v) is 13.6. The minimum atomic E-state index is 0.713. The maximum atomic E-state index is 2.63. The van der Waals surface area contributed by atoms with E-state index in [1.165, 1.54) is 51.7 Å². The fourth-order valence-corrected chi connectivity index (χ4v) is 2.44. The van der Waals surface area contributed by atoms with Crippen molar-refractivity contribution in [2.75, 3.05) is 19.6 Å². The summed E-state index contributed by atoms with van der Waals surface area (Å²) < 4.78 is 0. The van der Waals surface area contributed by atoms with Gasteiger partial charge in [0.25, 0.3) is 0 Å². The summed E-state index contributed by atoms with van der Waals surface area (Å²) in [6, 6.07) is 0. The minimum Gasteiger partial charge on any atom is -0.303 e. The van der Waals surface area contributed by atoms with Crippen LogP contribution in [0.1, 0.15) is 80.6 Å². The number of nitrogens with zero attached hydrogens (tertiary/aromatic N) is 1. The third kappa shape index (κ3) is 7.08. The van der Waals surface area contributed by atoms with Gasteiger partial charge in [-0.3, -0.25) is 0 Å². The lowest BCUT2D eigenvalue weighted by molar-refractivity contribution is 0.0646. The highest BCUT2D eigenvalue weighted by Crippen LogP contribution is 2.44. The molecule has 0 aromatic heterocycles. The van der Waals surface area contributed by atoms with Crippen LogP contribution in [0.25, 0.3) is 0 Å². The van der Waals surface area contributed by atoms with Gasteiger partial charge >= 0.3 is 0 Å². The second-order valence-electron chi connectivity index (χ2n) is 4.58. The molecule has 0 aromatic rings. The highest BCUT2D eigenvalue weighted by Gasteiger charge is 2.35. The molecule has 0 radical (unpaired) electrons. The van der Waals surface area contributed by atoms with Crippen molar-refractivity contribution in [1.82, 2.24) is 4.90 Å². The Kier molecular flexibility index (Phi) is 14.1. The predicted octanol–water partition coefficient (Wildman–Crippen LogP) is 5.35. The van der Waals surface area contributed by atoms with Gasteiger partial charge in [0, 0.05) is 6.54 Å². The minimum absolute atomic E-state index is 0.713. The molecule has 1 heteroatoms. The fraction of sp³-hybridized carbons (Fsp3) is 1.00. The van der Waals surface area contributed by atoms with E-state index in [9.17, 15) is 0 Å². The standard InChI is InChI=1S/C12H25N.2C2H6/c1-4-10-13(6-3)11-12(5-2)8-7-9-12;2*1-2/h4-11H2,1-3H3;2*1-2H3. The Labute approximate surface area is 111 Å². The fourth-order valence-electron chi connectivity index (χ4n) is 2.44. The Balaban J connectivity index is 0. The molecule has 17 heavy (non-hydrogen) atoms. The van der Waals surface area contributed by atoms with Crippen LogP contribution in [0.4, 0.5) is 0 Å². The van der Waals surface area contributed by atoms with E-state index in [4.69, 9.17) is 0 Å². The topological polar surface area (TPSA) is 3.24 Å². The molecule has 1 aliphatic carbocycles. The van der Waals surface area contributed by atoms with E-state index in [1.54, 1.807) is 0 Å². The predicted molar refractivity (Wildman–Crippen MR) is 81.7 cm³/mol. The highest BCUT2D eigenvalue weighted by molar-refractivity contribution is 4.89. The van der Waals surface area contributed by atoms with Crippen LogP contribution in [0.5, 0.6) is 0 Å². The molecule has 0 bridgehead atoms. The molecule has 1 fully saturated rings. The van der Waals surface area contributed by atoms with E-state index in [2.05, 4.69) is 25.7 Å². The summed E-state index contributed by atoms with van der Waals surface area (Å²) in [5.74, 6) is 0. The smallest absolute Gasteiger partial charge is 0.00377 e. The number of hydrogen-bond acceptors (Lipinski definition) is 1. The first-order valence-corrected chi connectivity index (χ1v) is 7.98. The van der Waals surface area contributed by atoms with Gasteiger partial charge in [0.05, 0.1) is 0 Å². The molecule has 0 unspecified atom stereocenters. The molecule has 1 saturated carbocycles. The van der Waals surface area contributed by atoms with E-state index in [0.29, 0.717) is 5.41 Å². The van der Waals surface area contributed by atoms with E-state index in [-0.39, 0.29) is 0 Å². The van der Waals surface area contributed by atoms with Gasteiger partial charge in [0.15, 0.2) is 0 Å². The molecule has 0 aliphatic heterocycles. The average Bonchev–Trinajstić information content (AvgIpc) is 2.37. The van der Waals surface area contributed by atoms with Crippen LogP contribution < -0.4 is 0 Å². The molecule has 1 nitrogen and oxygen atoms in total. The van der Waals surface area contributed by atoms with Crippen molar-refractivity contribution in [2.45, 2.75) is 80.6 Å². The maximum absolute atomic E-state index is 2.63. The monoisotopic (exact) mass is 243 g/mol. The molecular formula is C16H37N. The lowest BCUT2D eigenvalue weighted by atomic mass is 9.66. The normalized spacial score (nSPS) is 16.2. The summed E-state index contributed by atoms with van der Waals surface area (Å²) in [6.07, 6.45) is 7.10. The molecule has 106 valence electrons. The summed E-state index contributed by atoms with van der Waals surface area (Å²) in [4.78, 5) is 2.63. The van der Waals surface area contributed by atoms with Crippen LogP contribution in [0.3, 0.4) is 0 Å². The second-order valence-corrected chi connectivity index (χ2v) is 4.58. The van der Waals surface area contributed by atoms with Gasteiger partial charge in [0.1, 0.15) is 0 Å². The van der Waals surface area contributed by atoms with Gasteiger partial charge in [0.2, 0.25) is 0 Å². The number of hydrogen-bond donors (Lipinski definition) is 0. The first-order valence-electron chi connectivity index (χ1n) is 7.98. The van der Waals surface area contributed by atoms with Gasteiger partial charge < -0.3 is 4.90 Å². The van der Waals surface area contributed by atoms with Crippen molar-refractivity contribution in [2.24, 2.45) is 5.41 Å². The molecule has 0 amide bonds. The van der Waals surface area contributed by atoms with Crippen LogP contribution in [0, 0.1) is 5.41 Å². The summed E-state index contributed by atoms with van der Waals surface area (Å²) >= 11 is 0. The first kappa shape index (κ1) is 19.3. The van der Waals surface area contributed by atoms with E-state index in [0.717, 1.165) is 0 Å². The highest BCUT2D eigenvalue weighted by atomic mass is 15.1. The molecule has 0 N–H and O–H groups in total. The Morgan fingerprint density at radius 1 is 0.941 bits per heavy atom. The molecule has 0 aromatic carbocycles. The molecule has 1 rings (SSSR count). The zero-order valence-electron chi connectivity index (χ0n) is 13.6. The first-order chi connectivity index (χ1) is 8.26. The lowest BCUT2D eigenvalue weighted by Crippen LogP contribution is -2.42. The Morgan fingerprint density at radius 3 is 1.71 bits per heavy atom. The van der Waals surface area contributed by atoms with Crippen LogP contribution in [0.15, 0.2) is 0 Å². The largest absolute Gasteiger partial charge is 0.303 e. The van der Waals surface area contributed by atoms with Crippen molar-refractivity contribution < 1.29 is 0 Å². The van der Waals surface area contributed by atoms with Gasteiger partial charge in [-0.1, -0.05) is 54.9 Å². The molecule has 1 aliphatic rings. The quantitative estimate of drug-likeness (QED) is 0.608. The van der Waals surface area contributed by atoms with Crippen molar-refractivity contribution in [3.63, 3.8) is 0 Å². The van der Waals surface area contributed by atoms with Crippen LogP contribution in [-0.2, 0) is 0 Å². The summed E-state index contributed by atoms with van der Waals surface area (Å²) in [5, 5.41) is 0. The second kappa shape index (κ2) is 12.4. The third-order valence-corrected chi connectivity index (χ3v) is 3.71. The van der Waals surface area contributed by atoms with Crippen molar-refractivity contribution in [1.29, 1.82) is 0 Å². The maximum Gasteiger partial charge on any atom is 0.00377 e. The van der Waals surface area contributed by atoms with E-state index < -0.39 is 0 Å². The van der Waals surface area contributed by atoms with Crippen molar-refractivity contribution in [3.8, 4) is 0 Å². The average molecular weight is 243 g/mol. The van der Waals surface area contributed by atoms with E-state index in [1.807, 2.05) is 27.7 Å². The SMILES string of the molecule is CC.CC.CCCN(CC)CC1(CC)CCC1. The van der Waals surface area contributed by atoms with E-state index >= 15 is 0 Å². The third-order valence-electron chi connectivity index (χ3n) is 3.71.